The zero-order valence-corrected chi connectivity index (χ0v) is 11.4. The summed E-state index contributed by atoms with van der Waals surface area (Å²) in [5.74, 6) is -0.323. The molecule has 0 saturated carbocycles. The molecule has 1 N–H and O–H groups in total. The van der Waals surface area contributed by atoms with E-state index in [0.717, 1.165) is 0 Å². The molecule has 3 heteroatoms. The Morgan fingerprint density at radius 3 is 2.44 bits per heavy atom. The maximum atomic E-state index is 13.9. The Bertz CT molecular complexity index is 411. The normalized spacial score (nSPS) is 27.1. The van der Waals surface area contributed by atoms with Crippen molar-refractivity contribution in [1.82, 2.24) is 4.90 Å². The average molecular weight is 251 g/mol. The van der Waals surface area contributed by atoms with Gasteiger partial charge in [0, 0.05) is 29.8 Å². The van der Waals surface area contributed by atoms with Crippen LogP contribution >= 0.6 is 0 Å². The SMILES string of the molecule is CC(c1ccc(O)cc1F)N1[C@H](C)CCC[C@@H]1C. The van der Waals surface area contributed by atoms with Crippen molar-refractivity contribution in [3.8, 4) is 5.75 Å². The van der Waals surface area contributed by atoms with Gasteiger partial charge in [-0.05, 0) is 39.7 Å². The van der Waals surface area contributed by atoms with E-state index in [4.69, 9.17) is 0 Å². The van der Waals surface area contributed by atoms with Crippen LogP contribution in [0.25, 0.3) is 0 Å². The minimum absolute atomic E-state index is 0.0109. The van der Waals surface area contributed by atoms with Crippen molar-refractivity contribution < 1.29 is 9.50 Å². The number of benzene rings is 1. The van der Waals surface area contributed by atoms with Gasteiger partial charge in [-0.2, -0.15) is 0 Å². The van der Waals surface area contributed by atoms with Crippen molar-refractivity contribution in [2.24, 2.45) is 0 Å². The fourth-order valence-corrected chi connectivity index (χ4v) is 3.22. The van der Waals surface area contributed by atoms with E-state index in [1.165, 1.54) is 25.3 Å². The number of likely N-dealkylation sites (tertiary alicyclic amines) is 1. The van der Waals surface area contributed by atoms with Gasteiger partial charge < -0.3 is 5.11 Å². The van der Waals surface area contributed by atoms with Gasteiger partial charge in [0.2, 0.25) is 0 Å². The van der Waals surface area contributed by atoms with Crippen LogP contribution in [0.3, 0.4) is 0 Å². The van der Waals surface area contributed by atoms with Crippen molar-refractivity contribution in [3.63, 3.8) is 0 Å². The molecular weight excluding hydrogens is 229 g/mol. The van der Waals surface area contributed by atoms with E-state index < -0.39 is 0 Å². The van der Waals surface area contributed by atoms with E-state index >= 15 is 0 Å². The van der Waals surface area contributed by atoms with Gasteiger partial charge in [0.05, 0.1) is 0 Å². The number of hydrogen-bond donors (Lipinski definition) is 1. The fraction of sp³-hybridized carbons (Fsp3) is 0.600. The van der Waals surface area contributed by atoms with Gasteiger partial charge in [0.25, 0.3) is 0 Å². The molecule has 3 atom stereocenters. The summed E-state index contributed by atoms with van der Waals surface area (Å²) in [6.07, 6.45) is 3.60. The number of nitrogens with zero attached hydrogens (tertiary/aromatic N) is 1. The highest BCUT2D eigenvalue weighted by molar-refractivity contribution is 5.29. The molecule has 0 bridgehead atoms. The molecular formula is C15H22FNO. The number of hydrogen-bond acceptors (Lipinski definition) is 2. The van der Waals surface area contributed by atoms with Crippen LogP contribution in [0.2, 0.25) is 0 Å². The lowest BCUT2D eigenvalue weighted by atomic mass is 9.93. The third kappa shape index (κ3) is 2.51. The van der Waals surface area contributed by atoms with E-state index in [9.17, 15) is 9.50 Å². The number of phenols is 1. The molecule has 1 fully saturated rings. The maximum absolute atomic E-state index is 13.9. The molecule has 0 amide bonds. The largest absolute Gasteiger partial charge is 0.508 e. The molecule has 0 aliphatic carbocycles. The summed E-state index contributed by atoms with van der Waals surface area (Å²) in [6.45, 7) is 6.47. The van der Waals surface area contributed by atoms with Gasteiger partial charge >= 0.3 is 0 Å². The third-order valence-electron chi connectivity index (χ3n) is 4.14. The lowest BCUT2D eigenvalue weighted by molar-refractivity contribution is 0.0607. The average Bonchev–Trinajstić information content (AvgIpc) is 2.28. The highest BCUT2D eigenvalue weighted by Crippen LogP contribution is 2.33. The van der Waals surface area contributed by atoms with E-state index in [-0.39, 0.29) is 17.6 Å². The van der Waals surface area contributed by atoms with Gasteiger partial charge in [-0.25, -0.2) is 4.39 Å². The monoisotopic (exact) mass is 251 g/mol. The zero-order chi connectivity index (χ0) is 13.3. The number of aromatic hydroxyl groups is 1. The molecule has 2 rings (SSSR count). The second-order valence-corrected chi connectivity index (χ2v) is 5.46. The van der Waals surface area contributed by atoms with Crippen LogP contribution < -0.4 is 0 Å². The Balaban J connectivity index is 2.26. The van der Waals surface area contributed by atoms with Gasteiger partial charge in [-0.1, -0.05) is 12.5 Å². The lowest BCUT2D eigenvalue weighted by Crippen LogP contribution is -2.45. The highest BCUT2D eigenvalue weighted by Gasteiger charge is 2.30. The minimum atomic E-state index is -0.313. The van der Waals surface area contributed by atoms with Gasteiger partial charge in [0.1, 0.15) is 11.6 Å². The smallest absolute Gasteiger partial charge is 0.131 e. The molecule has 2 nitrogen and oxygen atoms in total. The van der Waals surface area contributed by atoms with Crippen LogP contribution in [0.15, 0.2) is 18.2 Å². The van der Waals surface area contributed by atoms with Crippen LogP contribution in [-0.2, 0) is 0 Å². The first-order valence-corrected chi connectivity index (χ1v) is 6.76. The summed E-state index contributed by atoms with van der Waals surface area (Å²) in [5.41, 5.74) is 0.674. The van der Waals surface area contributed by atoms with Crippen molar-refractivity contribution in [3.05, 3.63) is 29.6 Å². The predicted molar refractivity (Wildman–Crippen MR) is 71.1 cm³/mol. The quantitative estimate of drug-likeness (QED) is 0.863. The standard InChI is InChI=1S/C15H22FNO/c1-10-5-4-6-11(2)17(10)12(3)14-8-7-13(18)9-15(14)16/h7-12,18H,4-6H2,1-3H3/t10-,11+,12?. The molecule has 1 saturated heterocycles. The van der Waals surface area contributed by atoms with E-state index in [0.29, 0.717) is 17.6 Å². The van der Waals surface area contributed by atoms with Crippen molar-refractivity contribution in [2.45, 2.75) is 58.2 Å². The van der Waals surface area contributed by atoms with Crippen LogP contribution in [0.4, 0.5) is 4.39 Å². The summed E-state index contributed by atoms with van der Waals surface area (Å²) < 4.78 is 13.9. The van der Waals surface area contributed by atoms with Crippen LogP contribution in [0, 0.1) is 5.82 Å². The zero-order valence-electron chi connectivity index (χ0n) is 11.4. The molecule has 1 aliphatic heterocycles. The van der Waals surface area contributed by atoms with E-state index in [1.54, 1.807) is 12.1 Å². The summed E-state index contributed by atoms with van der Waals surface area (Å²) in [6, 6.07) is 5.48. The Morgan fingerprint density at radius 1 is 1.28 bits per heavy atom. The molecule has 100 valence electrons. The Hall–Kier alpha value is -1.09. The molecule has 0 spiro atoms. The van der Waals surface area contributed by atoms with Crippen molar-refractivity contribution in [2.75, 3.05) is 0 Å². The number of halogens is 1. The predicted octanol–water partition coefficient (Wildman–Crippen LogP) is 3.86. The Labute approximate surface area is 108 Å². The molecule has 18 heavy (non-hydrogen) atoms. The van der Waals surface area contributed by atoms with Crippen LogP contribution in [0.5, 0.6) is 5.75 Å². The number of rotatable bonds is 2. The van der Waals surface area contributed by atoms with Crippen molar-refractivity contribution in [1.29, 1.82) is 0 Å². The first kappa shape index (κ1) is 13.3. The topological polar surface area (TPSA) is 23.5 Å². The number of piperidine rings is 1. The molecule has 1 aliphatic rings. The van der Waals surface area contributed by atoms with Crippen LogP contribution in [0.1, 0.15) is 51.6 Å². The molecule has 0 radical (unpaired) electrons. The first-order valence-electron chi connectivity index (χ1n) is 6.76. The minimum Gasteiger partial charge on any atom is -0.508 e. The Kier molecular flexibility index (Phi) is 3.91. The molecule has 1 aromatic rings. The van der Waals surface area contributed by atoms with Crippen LogP contribution in [-0.4, -0.2) is 22.1 Å². The highest BCUT2D eigenvalue weighted by atomic mass is 19.1. The van der Waals surface area contributed by atoms with E-state index in [1.807, 2.05) is 6.92 Å². The molecule has 1 unspecified atom stereocenters. The summed E-state index contributed by atoms with van der Waals surface area (Å²) in [7, 11) is 0. The number of phenolic OH excluding ortho intramolecular Hbond substituents is 1. The molecule has 1 aromatic carbocycles. The maximum Gasteiger partial charge on any atom is 0.131 e. The lowest BCUT2D eigenvalue weighted by Gasteiger charge is -2.43. The summed E-state index contributed by atoms with van der Waals surface area (Å²) >= 11 is 0. The summed E-state index contributed by atoms with van der Waals surface area (Å²) in [4.78, 5) is 2.39. The van der Waals surface area contributed by atoms with Gasteiger partial charge in [0.15, 0.2) is 0 Å². The van der Waals surface area contributed by atoms with E-state index in [2.05, 4.69) is 18.7 Å². The third-order valence-corrected chi connectivity index (χ3v) is 4.14. The molecule has 0 aromatic heterocycles. The van der Waals surface area contributed by atoms with Gasteiger partial charge in [-0.15, -0.1) is 0 Å². The van der Waals surface area contributed by atoms with Crippen molar-refractivity contribution >= 4 is 0 Å². The Morgan fingerprint density at radius 2 is 1.89 bits per heavy atom. The second-order valence-electron chi connectivity index (χ2n) is 5.46. The van der Waals surface area contributed by atoms with Gasteiger partial charge in [-0.3, -0.25) is 4.90 Å². The molecule has 1 heterocycles. The second kappa shape index (κ2) is 5.27. The fourth-order valence-electron chi connectivity index (χ4n) is 3.22. The first-order chi connectivity index (χ1) is 8.50. The summed E-state index contributed by atoms with van der Waals surface area (Å²) in [5, 5.41) is 9.28.